The molecule has 0 bridgehead atoms. The van der Waals surface area contributed by atoms with E-state index in [1.54, 1.807) is 12.1 Å². The minimum atomic E-state index is -3.83. The van der Waals surface area contributed by atoms with Crippen molar-refractivity contribution in [2.45, 2.75) is 30.2 Å². The number of nitrogens with one attached hydrogen (secondary N) is 2. The van der Waals surface area contributed by atoms with Crippen molar-refractivity contribution in [2.75, 3.05) is 18.0 Å². The average molecular weight is 502 g/mol. The number of sulfonamides is 1. The summed E-state index contributed by atoms with van der Waals surface area (Å²) in [5.74, 6) is -0.0392. The molecule has 1 heterocycles. The molecule has 2 aromatic rings. The highest BCUT2D eigenvalue weighted by Gasteiger charge is 2.31. The van der Waals surface area contributed by atoms with E-state index in [0.29, 0.717) is 6.54 Å². The molecular weight excluding hydrogens is 470 g/mol. The van der Waals surface area contributed by atoms with Gasteiger partial charge in [-0.2, -0.15) is 0 Å². The average Bonchev–Trinajstić information content (AvgIpc) is 3.46. The van der Waals surface area contributed by atoms with Gasteiger partial charge in [-0.15, -0.1) is 0 Å². The van der Waals surface area contributed by atoms with Crippen molar-refractivity contribution in [1.29, 1.82) is 0 Å². The number of rotatable bonds is 6. The van der Waals surface area contributed by atoms with Crippen molar-refractivity contribution in [1.82, 2.24) is 10.0 Å². The number of benzene rings is 2. The minimum absolute atomic E-state index is 0. The van der Waals surface area contributed by atoms with Gasteiger partial charge in [-0.3, -0.25) is 9.52 Å². The second kappa shape index (κ2) is 9.94. The van der Waals surface area contributed by atoms with Crippen molar-refractivity contribution < 1.29 is 16.1 Å². The zero-order chi connectivity index (χ0) is 24.3. The maximum Gasteiger partial charge on any atom is 0.263 e. The molecule has 4 N–H and O–H groups in total. The lowest BCUT2D eigenvalue weighted by Gasteiger charge is -2.23. The maximum atomic E-state index is 13.0. The number of anilines is 1. The Bertz CT molecular complexity index is 1250. The molecule has 1 amide bonds. The third-order valence-corrected chi connectivity index (χ3v) is 7.94. The highest BCUT2D eigenvalue weighted by atomic mass is 32.2. The molecule has 2 aromatic carbocycles. The van der Waals surface area contributed by atoms with E-state index in [1.165, 1.54) is 23.3 Å². The Balaban J connectivity index is 0.00000228. The zero-order valence-corrected chi connectivity index (χ0v) is 20.4. The fourth-order valence-electron chi connectivity index (χ4n) is 4.43. The van der Waals surface area contributed by atoms with E-state index in [0.717, 1.165) is 25.0 Å². The lowest BCUT2D eigenvalue weighted by atomic mass is 9.88. The summed E-state index contributed by atoms with van der Waals surface area (Å²) < 4.78 is 27.0. The highest BCUT2D eigenvalue weighted by Crippen LogP contribution is 2.35. The molecule has 0 spiro atoms. The van der Waals surface area contributed by atoms with Gasteiger partial charge in [-0.25, -0.2) is 13.4 Å². The van der Waals surface area contributed by atoms with Crippen molar-refractivity contribution in [2.24, 2.45) is 16.6 Å². The summed E-state index contributed by atoms with van der Waals surface area (Å²) in [5, 5.41) is 2.97. The fraction of sp³-hybridized carbons (Fsp3) is 0.292. The van der Waals surface area contributed by atoms with E-state index in [9.17, 15) is 13.2 Å². The smallest absolute Gasteiger partial charge is 0.263 e. The van der Waals surface area contributed by atoms with Gasteiger partial charge in [0.1, 0.15) is 0 Å². The first-order chi connectivity index (χ1) is 16.3. The lowest BCUT2D eigenvalue weighted by Crippen LogP contribution is -2.41. The van der Waals surface area contributed by atoms with Crippen LogP contribution in [-0.2, 0) is 14.8 Å². The molecule has 0 aromatic heterocycles. The molecule has 4 rings (SSSR count). The lowest BCUT2D eigenvalue weighted by molar-refractivity contribution is -0.125. The van der Waals surface area contributed by atoms with Gasteiger partial charge in [-0.05, 0) is 54.0 Å². The molecule has 1 aliphatic carbocycles. The van der Waals surface area contributed by atoms with Gasteiger partial charge >= 0.3 is 0 Å². The molecule has 1 saturated heterocycles. The van der Waals surface area contributed by atoms with Crippen LogP contribution >= 0.6 is 12.2 Å². The van der Waals surface area contributed by atoms with E-state index < -0.39 is 10.0 Å². The molecule has 3 atom stereocenters. The topological polar surface area (TPSA) is 117 Å². The van der Waals surface area contributed by atoms with Gasteiger partial charge in [0.25, 0.3) is 10.0 Å². The molecule has 0 radical (unpaired) electrons. The Morgan fingerprint density at radius 3 is 2.74 bits per heavy atom. The Morgan fingerprint density at radius 1 is 1.26 bits per heavy atom. The number of nitrogens with two attached hydrogens (primary N) is 1. The van der Waals surface area contributed by atoms with Gasteiger partial charge < -0.3 is 16.0 Å². The first kappa shape index (κ1) is 23.9. The summed E-state index contributed by atoms with van der Waals surface area (Å²) in [6.07, 6.45) is 5.94. The molecule has 34 heavy (non-hydrogen) atoms. The summed E-state index contributed by atoms with van der Waals surface area (Å²) in [7, 11) is -3.83. The van der Waals surface area contributed by atoms with Crippen molar-refractivity contribution >= 4 is 51.4 Å². The molecule has 1 unspecified atom stereocenters. The highest BCUT2D eigenvalue weighted by molar-refractivity contribution is 7.91. The Morgan fingerprint density at radius 2 is 2.00 bits per heavy atom. The largest absolute Gasteiger partial charge is 0.390 e. The van der Waals surface area contributed by atoms with E-state index >= 15 is 0 Å². The molecule has 10 heteroatoms. The number of thiocarbonyl (C=S) groups is 1. The summed E-state index contributed by atoms with van der Waals surface area (Å²) in [6.45, 7) is 3.40. The summed E-state index contributed by atoms with van der Waals surface area (Å²) in [5.41, 5.74) is 8.39. The molecule has 182 valence electrons. The van der Waals surface area contributed by atoms with Crippen LogP contribution in [-0.4, -0.2) is 44.9 Å². The van der Waals surface area contributed by atoms with E-state index in [2.05, 4.69) is 44.2 Å². The van der Waals surface area contributed by atoms with E-state index in [1.807, 2.05) is 19.1 Å². The van der Waals surface area contributed by atoms with Gasteiger partial charge in [-0.1, -0.05) is 43.3 Å². The maximum absolute atomic E-state index is 13.0. The molecule has 1 fully saturated rings. The number of nitrogens with zero attached hydrogens (tertiary/aromatic N) is 2. The quantitative estimate of drug-likeness (QED) is 0.318. The Hall–Kier alpha value is -3.24. The number of hydrogen-bond donors (Lipinski definition) is 3. The number of hydrogen-bond acceptors (Lipinski definition) is 5. The van der Waals surface area contributed by atoms with Gasteiger partial charge in [0.15, 0.2) is 0 Å². The second-order valence-corrected chi connectivity index (χ2v) is 10.5. The molecule has 0 saturated carbocycles. The molecule has 2 aliphatic rings. The van der Waals surface area contributed by atoms with Crippen LogP contribution in [0.15, 0.2) is 64.5 Å². The second-order valence-electron chi connectivity index (χ2n) is 8.43. The first-order valence-electron chi connectivity index (χ1n) is 11.0. The van der Waals surface area contributed by atoms with Crippen molar-refractivity contribution in [3.8, 4) is 0 Å². The molecule has 1 aliphatic heterocycles. The van der Waals surface area contributed by atoms with E-state index in [-0.39, 0.29) is 36.6 Å². The predicted octanol–water partition coefficient (Wildman–Crippen LogP) is 2.87. The predicted molar refractivity (Wildman–Crippen MR) is 142 cm³/mol. The molecular formula is C24H31N5O3S2. The van der Waals surface area contributed by atoms with Crippen molar-refractivity contribution in [3.05, 3.63) is 65.7 Å². The van der Waals surface area contributed by atoms with Gasteiger partial charge in [0, 0.05) is 39.5 Å². The SMILES string of the molecule is C[C@H](C(=O)N[C@H]1CCN(c2ccc(S(=O)(=O)NC(=S)N=CN)cc2)C1)C1C=Cc2ccccc21.[HH].[HH]. The van der Waals surface area contributed by atoms with Crippen LogP contribution in [0.1, 0.15) is 33.2 Å². The number of fused-ring (bicyclic) bond motifs is 1. The Labute approximate surface area is 208 Å². The third-order valence-electron chi connectivity index (χ3n) is 6.25. The zero-order valence-electron chi connectivity index (χ0n) is 18.7. The van der Waals surface area contributed by atoms with Crippen LogP contribution in [0.25, 0.3) is 6.08 Å². The normalized spacial score (nSPS) is 20.3. The van der Waals surface area contributed by atoms with Crippen LogP contribution in [0.5, 0.6) is 0 Å². The van der Waals surface area contributed by atoms with Crippen LogP contribution in [0.4, 0.5) is 5.69 Å². The van der Waals surface area contributed by atoms with Crippen LogP contribution in [0.3, 0.4) is 0 Å². The fourth-order valence-corrected chi connectivity index (χ4v) is 5.71. The summed E-state index contributed by atoms with van der Waals surface area (Å²) in [4.78, 5) is 18.7. The first-order valence-corrected chi connectivity index (χ1v) is 12.9. The number of allylic oxidation sites excluding steroid dienone is 1. The van der Waals surface area contributed by atoms with Crippen LogP contribution in [0, 0.1) is 5.92 Å². The number of carbonyl (C=O) groups is 1. The summed E-state index contributed by atoms with van der Waals surface area (Å²) >= 11 is 4.82. The third kappa shape index (κ3) is 5.13. The molecule has 8 nitrogen and oxygen atoms in total. The summed E-state index contributed by atoms with van der Waals surface area (Å²) in [6, 6.07) is 14.7. The number of aliphatic imine (C=N–C) groups is 1. The van der Waals surface area contributed by atoms with Gasteiger partial charge in [0.05, 0.1) is 11.2 Å². The van der Waals surface area contributed by atoms with Crippen LogP contribution < -0.4 is 20.7 Å². The number of amides is 1. The minimum Gasteiger partial charge on any atom is -0.390 e. The Kier molecular flexibility index (Phi) is 6.99. The van der Waals surface area contributed by atoms with Crippen LogP contribution in [0.2, 0.25) is 0 Å². The number of carbonyl (C=O) groups excluding carboxylic acids is 1. The van der Waals surface area contributed by atoms with Crippen molar-refractivity contribution in [3.63, 3.8) is 0 Å². The standard InChI is InChI=1S/C24H27N5O3S2.2H2/c1-16(21-11-6-17-4-2-3-5-22(17)21)23(30)27-18-12-13-29(14-18)19-7-9-20(10-8-19)34(31,32)28-24(33)26-15-25;;/h2-11,15-16,18,21H,12-14H2,1H3,(H,27,30)(H3,25,26,28,33);2*1H/t16-,18-,21?;;/m0../s1. The monoisotopic (exact) mass is 501 g/mol. The van der Waals surface area contributed by atoms with E-state index in [4.69, 9.17) is 18.0 Å². The van der Waals surface area contributed by atoms with Gasteiger partial charge in [0.2, 0.25) is 11.0 Å².